The molecule has 2 N–H and O–H groups in total. The lowest BCUT2D eigenvalue weighted by molar-refractivity contribution is -0.133. The van der Waals surface area contributed by atoms with E-state index >= 15 is 0 Å². The van der Waals surface area contributed by atoms with Crippen molar-refractivity contribution in [2.45, 2.75) is 32.7 Å². The SMILES string of the molecule is CCCNc1ccc(C(=O)N2CCNC(=O)C2(C)C)cn1. The molecule has 1 aliphatic rings. The summed E-state index contributed by atoms with van der Waals surface area (Å²) in [4.78, 5) is 30.3. The lowest BCUT2D eigenvalue weighted by Crippen LogP contribution is -2.63. The van der Waals surface area contributed by atoms with Gasteiger partial charge in [-0.15, -0.1) is 0 Å². The van der Waals surface area contributed by atoms with Gasteiger partial charge in [0.15, 0.2) is 0 Å². The molecule has 0 radical (unpaired) electrons. The molecule has 0 aromatic carbocycles. The molecule has 1 aromatic heterocycles. The van der Waals surface area contributed by atoms with Crippen molar-refractivity contribution in [2.24, 2.45) is 0 Å². The van der Waals surface area contributed by atoms with Crippen LogP contribution >= 0.6 is 0 Å². The molecule has 0 bridgehead atoms. The molecule has 2 heterocycles. The Bertz CT molecular complexity index is 525. The Hall–Kier alpha value is -2.11. The number of nitrogens with one attached hydrogen (secondary N) is 2. The maximum Gasteiger partial charge on any atom is 0.256 e. The number of anilines is 1. The first-order valence-corrected chi connectivity index (χ1v) is 7.27. The number of rotatable bonds is 4. The van der Waals surface area contributed by atoms with Crippen LogP contribution in [0, 0.1) is 0 Å². The number of nitrogens with zero attached hydrogens (tertiary/aromatic N) is 2. The van der Waals surface area contributed by atoms with E-state index in [2.05, 4.69) is 22.5 Å². The number of hydrogen-bond donors (Lipinski definition) is 2. The van der Waals surface area contributed by atoms with Gasteiger partial charge < -0.3 is 15.5 Å². The highest BCUT2D eigenvalue weighted by Crippen LogP contribution is 2.20. The van der Waals surface area contributed by atoms with Gasteiger partial charge in [0.1, 0.15) is 11.4 Å². The predicted molar refractivity (Wildman–Crippen MR) is 81.1 cm³/mol. The molecule has 0 spiro atoms. The summed E-state index contributed by atoms with van der Waals surface area (Å²) in [7, 11) is 0. The van der Waals surface area contributed by atoms with Crippen molar-refractivity contribution in [3.8, 4) is 0 Å². The Morgan fingerprint density at radius 3 is 2.86 bits per heavy atom. The quantitative estimate of drug-likeness (QED) is 0.875. The monoisotopic (exact) mass is 290 g/mol. The average molecular weight is 290 g/mol. The number of carbonyl (C=O) groups is 2. The average Bonchev–Trinajstić information content (AvgIpc) is 2.48. The summed E-state index contributed by atoms with van der Waals surface area (Å²) < 4.78 is 0. The Morgan fingerprint density at radius 1 is 1.48 bits per heavy atom. The van der Waals surface area contributed by atoms with E-state index in [1.54, 1.807) is 37.1 Å². The summed E-state index contributed by atoms with van der Waals surface area (Å²) in [6, 6.07) is 3.54. The number of amides is 2. The Morgan fingerprint density at radius 2 is 2.24 bits per heavy atom. The molecule has 1 aliphatic heterocycles. The van der Waals surface area contributed by atoms with Crippen LogP contribution in [0.2, 0.25) is 0 Å². The number of carbonyl (C=O) groups excluding carboxylic acids is 2. The Labute approximate surface area is 124 Å². The lowest BCUT2D eigenvalue weighted by Gasteiger charge is -2.41. The van der Waals surface area contributed by atoms with E-state index in [9.17, 15) is 9.59 Å². The fourth-order valence-corrected chi connectivity index (χ4v) is 2.29. The van der Waals surface area contributed by atoms with Gasteiger partial charge in [-0.2, -0.15) is 0 Å². The van der Waals surface area contributed by atoms with Crippen LogP contribution in [0.1, 0.15) is 37.6 Å². The third kappa shape index (κ3) is 3.15. The van der Waals surface area contributed by atoms with E-state index in [1.807, 2.05) is 0 Å². The molecule has 2 rings (SSSR count). The normalized spacial score (nSPS) is 17.3. The number of piperazine rings is 1. The summed E-state index contributed by atoms with van der Waals surface area (Å²) in [6.45, 7) is 7.42. The largest absolute Gasteiger partial charge is 0.370 e. The van der Waals surface area contributed by atoms with Crippen LogP contribution in [0.3, 0.4) is 0 Å². The van der Waals surface area contributed by atoms with E-state index in [0.717, 1.165) is 18.8 Å². The van der Waals surface area contributed by atoms with E-state index in [0.29, 0.717) is 18.7 Å². The Kier molecular flexibility index (Phi) is 4.45. The molecule has 0 aliphatic carbocycles. The minimum absolute atomic E-state index is 0.128. The van der Waals surface area contributed by atoms with Gasteiger partial charge in [-0.05, 0) is 32.4 Å². The molecular formula is C15H22N4O2. The number of aromatic nitrogens is 1. The molecule has 21 heavy (non-hydrogen) atoms. The second-order valence-electron chi connectivity index (χ2n) is 5.63. The van der Waals surface area contributed by atoms with Gasteiger partial charge in [0.25, 0.3) is 5.91 Å². The molecule has 2 amide bonds. The highest BCUT2D eigenvalue weighted by atomic mass is 16.2. The van der Waals surface area contributed by atoms with Crippen LogP contribution < -0.4 is 10.6 Å². The maximum absolute atomic E-state index is 12.6. The standard InChI is InChI=1S/C15H22N4O2/c1-4-7-16-12-6-5-11(10-18-12)13(20)19-9-8-17-14(21)15(19,2)3/h5-6,10H,4,7-9H2,1-3H3,(H,16,18)(H,17,21). The number of pyridine rings is 1. The van der Waals surface area contributed by atoms with Crippen molar-refractivity contribution in [1.29, 1.82) is 0 Å². The van der Waals surface area contributed by atoms with Crippen LogP contribution in [0.4, 0.5) is 5.82 Å². The van der Waals surface area contributed by atoms with Crippen molar-refractivity contribution >= 4 is 17.6 Å². The summed E-state index contributed by atoms with van der Waals surface area (Å²) in [5, 5.41) is 5.95. The van der Waals surface area contributed by atoms with E-state index in [1.165, 1.54) is 0 Å². The van der Waals surface area contributed by atoms with Gasteiger partial charge >= 0.3 is 0 Å². The molecule has 6 nitrogen and oxygen atoms in total. The zero-order chi connectivity index (χ0) is 15.5. The third-order valence-corrected chi connectivity index (χ3v) is 3.66. The summed E-state index contributed by atoms with van der Waals surface area (Å²) >= 11 is 0. The zero-order valence-corrected chi connectivity index (χ0v) is 12.8. The lowest BCUT2D eigenvalue weighted by atomic mass is 9.98. The van der Waals surface area contributed by atoms with Crippen molar-refractivity contribution < 1.29 is 9.59 Å². The molecular weight excluding hydrogens is 268 g/mol. The Balaban J connectivity index is 2.14. The van der Waals surface area contributed by atoms with Crippen molar-refractivity contribution in [1.82, 2.24) is 15.2 Å². The first-order chi connectivity index (χ1) is 9.96. The van der Waals surface area contributed by atoms with Crippen molar-refractivity contribution in [3.05, 3.63) is 23.9 Å². The molecule has 114 valence electrons. The van der Waals surface area contributed by atoms with E-state index in [-0.39, 0.29) is 11.8 Å². The van der Waals surface area contributed by atoms with Crippen LogP contribution in [0.5, 0.6) is 0 Å². The molecule has 0 unspecified atom stereocenters. The van der Waals surface area contributed by atoms with Crippen LogP contribution in [-0.2, 0) is 4.79 Å². The predicted octanol–water partition coefficient (Wildman–Crippen LogP) is 1.25. The molecule has 0 saturated carbocycles. The van der Waals surface area contributed by atoms with E-state index in [4.69, 9.17) is 0 Å². The summed E-state index contributed by atoms with van der Waals surface area (Å²) in [5.41, 5.74) is -0.339. The van der Waals surface area contributed by atoms with Gasteiger partial charge in [0, 0.05) is 25.8 Å². The zero-order valence-electron chi connectivity index (χ0n) is 12.8. The van der Waals surface area contributed by atoms with Crippen LogP contribution in [-0.4, -0.2) is 46.9 Å². The molecule has 1 saturated heterocycles. The van der Waals surface area contributed by atoms with Crippen molar-refractivity contribution in [2.75, 3.05) is 25.0 Å². The highest BCUT2D eigenvalue weighted by Gasteiger charge is 2.40. The van der Waals surface area contributed by atoms with Crippen LogP contribution in [0.25, 0.3) is 0 Å². The maximum atomic E-state index is 12.6. The van der Waals surface area contributed by atoms with Gasteiger partial charge in [-0.3, -0.25) is 9.59 Å². The second-order valence-corrected chi connectivity index (χ2v) is 5.63. The fraction of sp³-hybridized carbons (Fsp3) is 0.533. The van der Waals surface area contributed by atoms with Gasteiger partial charge in [0.2, 0.25) is 5.91 Å². The summed E-state index contributed by atoms with van der Waals surface area (Å²) in [5.74, 6) is 0.463. The van der Waals surface area contributed by atoms with Crippen molar-refractivity contribution in [3.63, 3.8) is 0 Å². The van der Waals surface area contributed by atoms with Gasteiger partial charge in [-0.1, -0.05) is 6.92 Å². The molecule has 1 fully saturated rings. The first-order valence-electron chi connectivity index (χ1n) is 7.27. The summed E-state index contributed by atoms with van der Waals surface area (Å²) in [6.07, 6.45) is 2.57. The first kappa shape index (κ1) is 15.3. The molecule has 0 atom stereocenters. The second kappa shape index (κ2) is 6.11. The fourth-order valence-electron chi connectivity index (χ4n) is 2.29. The topological polar surface area (TPSA) is 74.3 Å². The van der Waals surface area contributed by atoms with E-state index < -0.39 is 5.54 Å². The van der Waals surface area contributed by atoms with Gasteiger partial charge in [0.05, 0.1) is 5.56 Å². The third-order valence-electron chi connectivity index (χ3n) is 3.66. The highest BCUT2D eigenvalue weighted by molar-refractivity contribution is 5.99. The van der Waals surface area contributed by atoms with Crippen LogP contribution in [0.15, 0.2) is 18.3 Å². The molecule has 6 heteroatoms. The number of hydrogen-bond acceptors (Lipinski definition) is 4. The minimum Gasteiger partial charge on any atom is -0.370 e. The van der Waals surface area contributed by atoms with Gasteiger partial charge in [-0.25, -0.2) is 4.98 Å². The smallest absolute Gasteiger partial charge is 0.256 e. The molecule has 1 aromatic rings. The minimum atomic E-state index is -0.839.